The van der Waals surface area contributed by atoms with Crippen LogP contribution in [0.3, 0.4) is 0 Å². The van der Waals surface area contributed by atoms with Crippen molar-refractivity contribution in [3.63, 3.8) is 0 Å². The minimum absolute atomic E-state index is 0.0387. The summed E-state index contributed by atoms with van der Waals surface area (Å²) in [5.41, 5.74) is 3.36. The van der Waals surface area contributed by atoms with Crippen molar-refractivity contribution in [3.8, 4) is 0 Å². The molecule has 1 aromatic carbocycles. The average molecular weight is 337 g/mol. The van der Waals surface area contributed by atoms with Gasteiger partial charge in [0.25, 0.3) is 0 Å². The maximum atomic E-state index is 12.2. The molecule has 23 heavy (non-hydrogen) atoms. The van der Waals surface area contributed by atoms with E-state index < -0.39 is 9.84 Å². The summed E-state index contributed by atoms with van der Waals surface area (Å²) in [5, 5.41) is 2.69. The van der Waals surface area contributed by atoms with E-state index in [9.17, 15) is 13.2 Å². The SMILES string of the molecule is Cc1ccc(C)c(C(C)NC(=O)CCS(=O)(=O)C2CCCC2)c1. The summed E-state index contributed by atoms with van der Waals surface area (Å²) in [6.45, 7) is 5.97. The van der Waals surface area contributed by atoms with Crippen molar-refractivity contribution in [2.75, 3.05) is 5.75 Å². The molecule has 1 fully saturated rings. The molecule has 0 radical (unpaired) electrons. The first-order chi connectivity index (χ1) is 10.8. The lowest BCUT2D eigenvalue weighted by Gasteiger charge is -2.18. The van der Waals surface area contributed by atoms with Crippen LogP contribution >= 0.6 is 0 Å². The standard InChI is InChI=1S/C18H27NO3S/c1-13-8-9-14(2)17(12-13)15(3)19-18(20)10-11-23(21,22)16-6-4-5-7-16/h8-9,12,15-16H,4-7,10-11H2,1-3H3,(H,19,20). The lowest BCUT2D eigenvalue weighted by molar-refractivity contribution is -0.121. The second kappa shape index (κ2) is 7.47. The van der Waals surface area contributed by atoms with Gasteiger partial charge in [0.05, 0.1) is 17.0 Å². The lowest BCUT2D eigenvalue weighted by Crippen LogP contribution is -2.30. The normalized spacial score (nSPS) is 17.2. The Labute approximate surface area is 139 Å². The van der Waals surface area contributed by atoms with E-state index in [0.29, 0.717) is 0 Å². The third-order valence-corrected chi connectivity index (χ3v) is 6.96. The predicted octanol–water partition coefficient (Wildman–Crippen LogP) is 3.23. The van der Waals surface area contributed by atoms with Gasteiger partial charge in [0.2, 0.25) is 5.91 Å². The minimum atomic E-state index is -3.13. The second-order valence-corrected chi connectivity index (χ2v) is 9.07. The highest BCUT2D eigenvalue weighted by atomic mass is 32.2. The molecule has 0 heterocycles. The van der Waals surface area contributed by atoms with Crippen molar-refractivity contribution in [2.24, 2.45) is 0 Å². The van der Waals surface area contributed by atoms with Gasteiger partial charge in [0.1, 0.15) is 0 Å². The Morgan fingerprint density at radius 3 is 2.57 bits per heavy atom. The first-order valence-electron chi connectivity index (χ1n) is 8.37. The summed E-state index contributed by atoms with van der Waals surface area (Å²) in [5.74, 6) is -0.233. The summed E-state index contributed by atoms with van der Waals surface area (Å²) in [7, 11) is -3.13. The molecule has 2 rings (SSSR count). The van der Waals surface area contributed by atoms with Crippen molar-refractivity contribution in [1.82, 2.24) is 5.32 Å². The Hall–Kier alpha value is -1.36. The molecule has 0 bridgehead atoms. The summed E-state index contributed by atoms with van der Waals surface area (Å²) in [6.07, 6.45) is 3.53. The van der Waals surface area contributed by atoms with Crippen LogP contribution in [0.5, 0.6) is 0 Å². The van der Waals surface area contributed by atoms with E-state index in [4.69, 9.17) is 0 Å². The monoisotopic (exact) mass is 337 g/mol. The Bertz CT molecular complexity index is 661. The maximum absolute atomic E-state index is 12.2. The molecule has 1 saturated carbocycles. The quantitative estimate of drug-likeness (QED) is 0.867. The summed E-state index contributed by atoms with van der Waals surface area (Å²) in [6, 6.07) is 6.03. The zero-order valence-electron chi connectivity index (χ0n) is 14.3. The summed E-state index contributed by atoms with van der Waals surface area (Å²) < 4.78 is 24.4. The van der Waals surface area contributed by atoms with Gasteiger partial charge in [-0.15, -0.1) is 0 Å². The first kappa shape index (κ1) is 18.0. The molecule has 1 aliphatic rings. The van der Waals surface area contributed by atoms with Gasteiger partial charge in [-0.3, -0.25) is 4.79 Å². The maximum Gasteiger partial charge on any atom is 0.221 e. The van der Waals surface area contributed by atoms with Crippen LogP contribution in [0.25, 0.3) is 0 Å². The van der Waals surface area contributed by atoms with E-state index in [2.05, 4.69) is 11.4 Å². The van der Waals surface area contributed by atoms with Crippen molar-refractivity contribution in [3.05, 3.63) is 34.9 Å². The van der Waals surface area contributed by atoms with Gasteiger partial charge in [-0.1, -0.05) is 36.6 Å². The number of amides is 1. The van der Waals surface area contributed by atoms with Gasteiger partial charge >= 0.3 is 0 Å². The minimum Gasteiger partial charge on any atom is -0.350 e. The third kappa shape index (κ3) is 4.80. The van der Waals surface area contributed by atoms with E-state index in [-0.39, 0.29) is 29.4 Å². The van der Waals surface area contributed by atoms with Crippen LogP contribution in [-0.2, 0) is 14.6 Å². The molecule has 0 saturated heterocycles. The number of sulfone groups is 1. The number of benzene rings is 1. The molecule has 1 amide bonds. The number of nitrogens with one attached hydrogen (secondary N) is 1. The van der Waals surface area contributed by atoms with E-state index in [1.54, 1.807) is 0 Å². The van der Waals surface area contributed by atoms with E-state index in [1.165, 1.54) is 0 Å². The van der Waals surface area contributed by atoms with Crippen molar-refractivity contribution < 1.29 is 13.2 Å². The number of rotatable bonds is 6. The molecule has 4 nitrogen and oxygen atoms in total. The largest absolute Gasteiger partial charge is 0.350 e. The molecule has 0 aliphatic heterocycles. The van der Waals surface area contributed by atoms with Crippen molar-refractivity contribution in [1.29, 1.82) is 0 Å². The van der Waals surface area contributed by atoms with Gasteiger partial charge in [-0.2, -0.15) is 0 Å². The summed E-state index contributed by atoms with van der Waals surface area (Å²) >= 11 is 0. The van der Waals surface area contributed by atoms with E-state index in [0.717, 1.165) is 42.4 Å². The zero-order valence-corrected chi connectivity index (χ0v) is 15.1. The predicted molar refractivity (Wildman–Crippen MR) is 93.1 cm³/mol. The topological polar surface area (TPSA) is 63.2 Å². The molecule has 0 spiro atoms. The molecular formula is C18H27NO3S. The van der Waals surface area contributed by atoms with Crippen LogP contribution in [0.4, 0.5) is 0 Å². The molecule has 1 unspecified atom stereocenters. The first-order valence-corrected chi connectivity index (χ1v) is 10.1. The highest BCUT2D eigenvalue weighted by Gasteiger charge is 2.29. The number of carbonyl (C=O) groups is 1. The molecule has 1 aromatic rings. The molecule has 1 aliphatic carbocycles. The van der Waals surface area contributed by atoms with Crippen LogP contribution in [0.15, 0.2) is 18.2 Å². The summed E-state index contributed by atoms with van der Waals surface area (Å²) in [4.78, 5) is 12.1. The van der Waals surface area contributed by atoms with Crippen LogP contribution in [-0.4, -0.2) is 25.3 Å². The molecule has 1 atom stereocenters. The molecule has 128 valence electrons. The molecular weight excluding hydrogens is 310 g/mol. The van der Waals surface area contributed by atoms with Gasteiger partial charge in [-0.05, 0) is 44.7 Å². The molecule has 1 N–H and O–H groups in total. The third-order valence-electron chi connectivity index (χ3n) is 4.70. The van der Waals surface area contributed by atoms with E-state index >= 15 is 0 Å². The fraction of sp³-hybridized carbons (Fsp3) is 0.611. The zero-order chi connectivity index (χ0) is 17.0. The van der Waals surface area contributed by atoms with Gasteiger partial charge < -0.3 is 5.32 Å². The number of carbonyl (C=O) groups excluding carboxylic acids is 1. The fourth-order valence-electron chi connectivity index (χ4n) is 3.27. The lowest BCUT2D eigenvalue weighted by atomic mass is 10.00. The highest BCUT2D eigenvalue weighted by Crippen LogP contribution is 2.25. The second-order valence-electron chi connectivity index (χ2n) is 6.67. The number of aryl methyl sites for hydroxylation is 2. The van der Waals surface area contributed by atoms with Gasteiger partial charge in [0, 0.05) is 6.42 Å². The van der Waals surface area contributed by atoms with Crippen LogP contribution < -0.4 is 5.32 Å². The average Bonchev–Trinajstić information content (AvgIpc) is 3.03. The number of hydrogen-bond acceptors (Lipinski definition) is 3. The van der Waals surface area contributed by atoms with Crippen molar-refractivity contribution >= 4 is 15.7 Å². The van der Waals surface area contributed by atoms with E-state index in [1.807, 2.05) is 32.9 Å². The highest BCUT2D eigenvalue weighted by molar-refractivity contribution is 7.92. The van der Waals surface area contributed by atoms with Crippen LogP contribution in [0.1, 0.15) is 61.8 Å². The van der Waals surface area contributed by atoms with Crippen LogP contribution in [0.2, 0.25) is 0 Å². The number of hydrogen-bond donors (Lipinski definition) is 1. The fourth-order valence-corrected chi connectivity index (χ4v) is 5.12. The van der Waals surface area contributed by atoms with Crippen molar-refractivity contribution in [2.45, 2.75) is 64.2 Å². The molecule has 0 aromatic heterocycles. The molecule has 5 heteroatoms. The Kier molecular flexibility index (Phi) is 5.84. The Morgan fingerprint density at radius 1 is 1.26 bits per heavy atom. The smallest absolute Gasteiger partial charge is 0.221 e. The van der Waals surface area contributed by atoms with Crippen LogP contribution in [0, 0.1) is 13.8 Å². The van der Waals surface area contributed by atoms with Gasteiger partial charge in [-0.25, -0.2) is 8.42 Å². The van der Waals surface area contributed by atoms with Gasteiger partial charge in [0.15, 0.2) is 9.84 Å². The Balaban J connectivity index is 1.90. The Morgan fingerprint density at radius 2 is 1.91 bits per heavy atom.